The van der Waals surface area contributed by atoms with Crippen LogP contribution in [-0.2, 0) is 14.8 Å². The highest BCUT2D eigenvalue weighted by atomic mass is 79.9. The lowest BCUT2D eigenvalue weighted by atomic mass is 10.2. The van der Waals surface area contributed by atoms with Gasteiger partial charge in [-0.05, 0) is 53.7 Å². The molecule has 0 aromatic carbocycles. The van der Waals surface area contributed by atoms with E-state index in [-0.39, 0.29) is 16.2 Å². The zero-order valence-corrected chi connectivity index (χ0v) is 13.9. The topological polar surface area (TPSA) is 66.5 Å². The van der Waals surface area contributed by atoms with Gasteiger partial charge in [0, 0.05) is 12.6 Å². The SMILES string of the molecule is O=C(NC1CC1)[C@@H]1CCCN1S(=O)(=O)c1ccc(Br)s1. The fourth-order valence-electron chi connectivity index (χ4n) is 2.37. The smallest absolute Gasteiger partial charge is 0.253 e. The van der Waals surface area contributed by atoms with Crippen molar-refractivity contribution in [3.8, 4) is 0 Å². The third-order valence-corrected chi connectivity index (χ3v) is 7.54. The molecule has 1 aromatic heterocycles. The molecule has 20 heavy (non-hydrogen) atoms. The Morgan fingerprint density at radius 3 is 2.70 bits per heavy atom. The molecule has 1 N–H and O–H groups in total. The molecule has 1 aliphatic heterocycles. The van der Waals surface area contributed by atoms with Gasteiger partial charge in [0.2, 0.25) is 5.91 Å². The van der Waals surface area contributed by atoms with Crippen molar-refractivity contribution >= 4 is 43.2 Å². The summed E-state index contributed by atoms with van der Waals surface area (Å²) >= 11 is 4.45. The molecule has 0 bridgehead atoms. The summed E-state index contributed by atoms with van der Waals surface area (Å²) < 4.78 is 27.6. The first-order chi connectivity index (χ1) is 9.48. The molecule has 0 unspecified atom stereocenters. The van der Waals surface area contributed by atoms with E-state index in [9.17, 15) is 13.2 Å². The van der Waals surface area contributed by atoms with E-state index >= 15 is 0 Å². The second-order valence-electron chi connectivity index (χ2n) is 5.12. The van der Waals surface area contributed by atoms with Crippen molar-refractivity contribution in [3.05, 3.63) is 15.9 Å². The summed E-state index contributed by atoms with van der Waals surface area (Å²) in [6.07, 6.45) is 3.34. The molecule has 1 saturated carbocycles. The molecule has 8 heteroatoms. The quantitative estimate of drug-likeness (QED) is 0.870. The van der Waals surface area contributed by atoms with Crippen LogP contribution in [0, 0.1) is 0 Å². The van der Waals surface area contributed by atoms with Crippen LogP contribution in [0.15, 0.2) is 20.1 Å². The van der Waals surface area contributed by atoms with E-state index in [1.54, 1.807) is 12.1 Å². The molecule has 1 aliphatic carbocycles. The van der Waals surface area contributed by atoms with Crippen molar-refractivity contribution < 1.29 is 13.2 Å². The van der Waals surface area contributed by atoms with Crippen LogP contribution in [0.25, 0.3) is 0 Å². The summed E-state index contributed by atoms with van der Waals surface area (Å²) in [5.74, 6) is -0.149. The van der Waals surface area contributed by atoms with Gasteiger partial charge in [-0.1, -0.05) is 0 Å². The summed E-state index contributed by atoms with van der Waals surface area (Å²) in [5.41, 5.74) is 0. The van der Waals surface area contributed by atoms with Crippen LogP contribution >= 0.6 is 27.3 Å². The number of nitrogens with one attached hydrogen (secondary N) is 1. The number of hydrogen-bond donors (Lipinski definition) is 1. The van der Waals surface area contributed by atoms with Gasteiger partial charge >= 0.3 is 0 Å². The Bertz CT molecular complexity index is 624. The van der Waals surface area contributed by atoms with Crippen molar-refractivity contribution in [2.75, 3.05) is 6.54 Å². The van der Waals surface area contributed by atoms with E-state index < -0.39 is 16.1 Å². The average molecular weight is 379 g/mol. The fraction of sp³-hybridized carbons (Fsp3) is 0.583. The van der Waals surface area contributed by atoms with Gasteiger partial charge < -0.3 is 5.32 Å². The van der Waals surface area contributed by atoms with Crippen LogP contribution < -0.4 is 5.32 Å². The van der Waals surface area contributed by atoms with E-state index in [0.29, 0.717) is 13.0 Å². The number of hydrogen-bond acceptors (Lipinski definition) is 4. The molecule has 1 atom stereocenters. The van der Waals surface area contributed by atoms with Crippen molar-refractivity contribution in [1.82, 2.24) is 9.62 Å². The Hall–Kier alpha value is -0.440. The van der Waals surface area contributed by atoms with Gasteiger partial charge in [-0.25, -0.2) is 8.42 Å². The Morgan fingerprint density at radius 1 is 1.35 bits per heavy atom. The normalized spacial score (nSPS) is 23.9. The minimum absolute atomic E-state index is 0.149. The monoisotopic (exact) mass is 378 g/mol. The van der Waals surface area contributed by atoms with Gasteiger partial charge in [0.15, 0.2) is 0 Å². The predicted octanol–water partition coefficient (Wildman–Crippen LogP) is 1.94. The molecule has 5 nitrogen and oxygen atoms in total. The van der Waals surface area contributed by atoms with Gasteiger partial charge in [0.1, 0.15) is 10.3 Å². The zero-order chi connectivity index (χ0) is 14.3. The number of sulfonamides is 1. The number of carbonyl (C=O) groups is 1. The Balaban J connectivity index is 1.82. The lowest BCUT2D eigenvalue weighted by molar-refractivity contribution is -0.124. The van der Waals surface area contributed by atoms with E-state index in [1.165, 1.54) is 15.6 Å². The van der Waals surface area contributed by atoms with Crippen LogP contribution in [0.3, 0.4) is 0 Å². The van der Waals surface area contributed by atoms with Crippen LogP contribution in [0.2, 0.25) is 0 Å². The van der Waals surface area contributed by atoms with Gasteiger partial charge in [-0.15, -0.1) is 11.3 Å². The first-order valence-corrected chi connectivity index (χ1v) is 9.61. The highest BCUT2D eigenvalue weighted by Crippen LogP contribution is 2.32. The molecular weight excluding hydrogens is 364 g/mol. The molecule has 2 fully saturated rings. The van der Waals surface area contributed by atoms with Crippen LogP contribution in [-0.4, -0.2) is 37.3 Å². The average Bonchev–Trinajstić information content (AvgIpc) is 2.92. The first-order valence-electron chi connectivity index (χ1n) is 6.56. The maximum absolute atomic E-state index is 12.6. The first kappa shape index (κ1) is 14.5. The van der Waals surface area contributed by atoms with Crippen LogP contribution in [0.4, 0.5) is 0 Å². The standard InChI is InChI=1S/C12H15BrN2O3S2/c13-10-5-6-11(19-10)20(17,18)15-7-1-2-9(15)12(16)14-8-3-4-8/h5-6,8-9H,1-4,7H2,(H,14,16)/t9-/m0/s1. The van der Waals surface area contributed by atoms with Gasteiger partial charge in [0.05, 0.1) is 3.79 Å². The van der Waals surface area contributed by atoms with Crippen LogP contribution in [0.1, 0.15) is 25.7 Å². The largest absolute Gasteiger partial charge is 0.352 e. The van der Waals surface area contributed by atoms with E-state index in [2.05, 4.69) is 21.2 Å². The molecule has 1 amide bonds. The van der Waals surface area contributed by atoms with Crippen molar-refractivity contribution in [1.29, 1.82) is 0 Å². The minimum Gasteiger partial charge on any atom is -0.352 e. The summed E-state index contributed by atoms with van der Waals surface area (Å²) in [5, 5.41) is 2.90. The van der Waals surface area contributed by atoms with Crippen molar-refractivity contribution in [2.24, 2.45) is 0 Å². The van der Waals surface area contributed by atoms with Gasteiger partial charge in [0.25, 0.3) is 10.0 Å². The number of rotatable bonds is 4. The van der Waals surface area contributed by atoms with E-state index in [0.717, 1.165) is 23.0 Å². The van der Waals surface area contributed by atoms with E-state index in [4.69, 9.17) is 0 Å². The lowest BCUT2D eigenvalue weighted by Crippen LogP contribution is -2.46. The molecular formula is C12H15BrN2O3S2. The Kier molecular flexibility index (Phi) is 3.91. The highest BCUT2D eigenvalue weighted by Gasteiger charge is 2.41. The predicted molar refractivity (Wildman–Crippen MR) is 80.1 cm³/mol. The molecule has 110 valence electrons. The number of carbonyl (C=O) groups excluding carboxylic acids is 1. The lowest BCUT2D eigenvalue weighted by Gasteiger charge is -2.22. The van der Waals surface area contributed by atoms with E-state index in [1.807, 2.05) is 0 Å². The molecule has 0 radical (unpaired) electrons. The maximum atomic E-state index is 12.6. The third-order valence-electron chi connectivity index (χ3n) is 3.54. The second kappa shape index (κ2) is 5.40. The number of halogens is 1. The summed E-state index contributed by atoms with van der Waals surface area (Å²) in [6, 6.07) is 3.00. The van der Waals surface area contributed by atoms with Crippen molar-refractivity contribution in [3.63, 3.8) is 0 Å². The van der Waals surface area contributed by atoms with Crippen LogP contribution in [0.5, 0.6) is 0 Å². The Labute approximate surface area is 130 Å². The second-order valence-corrected chi connectivity index (χ2v) is 9.70. The van der Waals surface area contributed by atoms with Crippen molar-refractivity contribution in [2.45, 2.75) is 42.0 Å². The third kappa shape index (κ3) is 2.79. The number of amides is 1. The highest BCUT2D eigenvalue weighted by molar-refractivity contribution is 9.11. The summed E-state index contributed by atoms with van der Waals surface area (Å²) in [6.45, 7) is 0.417. The number of nitrogens with zero attached hydrogens (tertiary/aromatic N) is 1. The molecule has 2 heterocycles. The molecule has 1 aromatic rings. The minimum atomic E-state index is -3.57. The molecule has 2 aliphatic rings. The fourth-order valence-corrected chi connectivity index (χ4v) is 6.16. The summed E-state index contributed by atoms with van der Waals surface area (Å²) in [4.78, 5) is 12.2. The molecule has 3 rings (SSSR count). The molecule has 0 spiro atoms. The maximum Gasteiger partial charge on any atom is 0.253 e. The summed E-state index contributed by atoms with van der Waals surface area (Å²) in [7, 11) is -3.57. The molecule has 1 saturated heterocycles. The zero-order valence-electron chi connectivity index (χ0n) is 10.7. The van der Waals surface area contributed by atoms with Gasteiger partial charge in [-0.3, -0.25) is 4.79 Å². The van der Waals surface area contributed by atoms with Gasteiger partial charge in [-0.2, -0.15) is 4.31 Å². The number of thiophene rings is 1. The Morgan fingerprint density at radius 2 is 2.10 bits per heavy atom.